The van der Waals surface area contributed by atoms with Gasteiger partial charge in [0.2, 0.25) is 0 Å². The molecule has 0 aliphatic heterocycles. The second-order valence-electron chi connectivity index (χ2n) is 11.3. The summed E-state index contributed by atoms with van der Waals surface area (Å²) in [5.74, 6) is 0.148. The van der Waals surface area contributed by atoms with Gasteiger partial charge in [-0.3, -0.25) is 10.1 Å². The molecule has 0 heterocycles. The van der Waals surface area contributed by atoms with E-state index in [2.05, 4.69) is 39.2 Å². The van der Waals surface area contributed by atoms with Crippen molar-refractivity contribution < 1.29 is 33.1 Å². The van der Waals surface area contributed by atoms with E-state index in [0.717, 1.165) is 0 Å². The molecule has 0 radical (unpaired) electrons. The summed E-state index contributed by atoms with van der Waals surface area (Å²) < 4.78 is 22.8. The van der Waals surface area contributed by atoms with E-state index in [1.54, 1.807) is 20.8 Å². The second-order valence-corrected chi connectivity index (χ2v) is 16.1. The van der Waals surface area contributed by atoms with Crippen LogP contribution in [0.25, 0.3) is 0 Å². The Morgan fingerprint density at radius 2 is 1.66 bits per heavy atom. The average molecular weight is 511 g/mol. The van der Waals surface area contributed by atoms with Crippen LogP contribution in [0, 0.1) is 10.1 Å². The lowest BCUT2D eigenvalue weighted by molar-refractivity contribution is -0.384. The van der Waals surface area contributed by atoms with Crippen LogP contribution in [0.15, 0.2) is 24.3 Å². The molecule has 1 aromatic rings. The smallest absolute Gasteiger partial charge is 0.444 e. The zero-order valence-corrected chi connectivity index (χ0v) is 22.9. The number of non-ortho nitro benzene ring substituents is 1. The number of nitrogens with zero attached hydrogens (tertiary/aromatic N) is 1. The Hall–Kier alpha value is -2.66. The number of carbonyl (C=O) groups is 2. The fraction of sp³-hybridized carbons (Fsp3) is 0.667. The number of hydrogen-bond acceptors (Lipinski definition) is 8. The van der Waals surface area contributed by atoms with Crippen LogP contribution in [0.3, 0.4) is 0 Å². The number of nitrogens with one attached hydrogen (secondary N) is 1. The molecule has 1 aliphatic carbocycles. The Kier molecular flexibility index (Phi) is 8.93. The molecule has 196 valence electrons. The van der Waals surface area contributed by atoms with E-state index < -0.39 is 37.2 Å². The van der Waals surface area contributed by atoms with Crippen LogP contribution in [-0.4, -0.2) is 49.3 Å². The van der Waals surface area contributed by atoms with Crippen molar-refractivity contribution in [2.24, 2.45) is 0 Å². The van der Waals surface area contributed by atoms with Gasteiger partial charge in [-0.25, -0.2) is 9.59 Å². The van der Waals surface area contributed by atoms with E-state index in [9.17, 15) is 19.7 Å². The van der Waals surface area contributed by atoms with Crippen molar-refractivity contribution >= 4 is 26.3 Å². The first-order valence-electron chi connectivity index (χ1n) is 11.8. The number of benzene rings is 1. The molecule has 10 nitrogen and oxygen atoms in total. The molecule has 0 bridgehead atoms. The number of alkyl carbamates (subject to hydrolysis) is 1. The van der Waals surface area contributed by atoms with E-state index in [1.807, 2.05) is 0 Å². The number of hydrogen-bond donors (Lipinski definition) is 1. The lowest BCUT2D eigenvalue weighted by Gasteiger charge is -2.44. The van der Waals surface area contributed by atoms with E-state index >= 15 is 0 Å². The van der Waals surface area contributed by atoms with Gasteiger partial charge in [0.15, 0.2) is 8.32 Å². The Bertz CT molecular complexity index is 906. The first kappa shape index (κ1) is 28.6. The van der Waals surface area contributed by atoms with Gasteiger partial charge in [-0.2, -0.15) is 0 Å². The lowest BCUT2D eigenvalue weighted by Crippen LogP contribution is -2.55. The van der Waals surface area contributed by atoms with Gasteiger partial charge in [0.1, 0.15) is 17.5 Å². The van der Waals surface area contributed by atoms with Crippen molar-refractivity contribution in [3.8, 4) is 5.75 Å². The van der Waals surface area contributed by atoms with Crippen LogP contribution in [-0.2, 0) is 13.9 Å². The fourth-order valence-corrected chi connectivity index (χ4v) is 4.77. The van der Waals surface area contributed by atoms with Gasteiger partial charge in [-0.05, 0) is 63.9 Å². The monoisotopic (exact) mass is 510 g/mol. The minimum absolute atomic E-state index is 0.0495. The molecule has 11 heteroatoms. The first-order chi connectivity index (χ1) is 16.0. The van der Waals surface area contributed by atoms with Gasteiger partial charge < -0.3 is 24.0 Å². The van der Waals surface area contributed by atoms with Crippen LogP contribution in [0.1, 0.15) is 60.8 Å². The predicted octanol–water partition coefficient (Wildman–Crippen LogP) is 5.95. The highest BCUT2D eigenvalue weighted by atomic mass is 28.4. The molecule has 1 N–H and O–H groups in total. The Labute approximate surface area is 207 Å². The van der Waals surface area contributed by atoms with Crippen LogP contribution >= 0.6 is 0 Å². The van der Waals surface area contributed by atoms with Gasteiger partial charge in [0, 0.05) is 18.6 Å². The van der Waals surface area contributed by atoms with Crippen molar-refractivity contribution in [3.05, 3.63) is 34.4 Å². The van der Waals surface area contributed by atoms with Crippen LogP contribution in [0.5, 0.6) is 5.75 Å². The van der Waals surface area contributed by atoms with Gasteiger partial charge in [-0.1, -0.05) is 20.8 Å². The molecule has 0 unspecified atom stereocenters. The Morgan fingerprint density at radius 1 is 1.06 bits per heavy atom. The number of amides is 1. The van der Waals surface area contributed by atoms with Crippen LogP contribution in [0.4, 0.5) is 15.3 Å². The van der Waals surface area contributed by atoms with E-state index in [1.165, 1.54) is 24.3 Å². The molecule has 1 fully saturated rings. The van der Waals surface area contributed by atoms with Gasteiger partial charge in [-0.15, -0.1) is 0 Å². The molecular weight excluding hydrogens is 472 g/mol. The maximum absolute atomic E-state index is 12.4. The van der Waals surface area contributed by atoms with Gasteiger partial charge >= 0.3 is 12.2 Å². The summed E-state index contributed by atoms with van der Waals surface area (Å²) in [6, 6.07) is 4.89. The van der Waals surface area contributed by atoms with Crippen molar-refractivity contribution in [3.63, 3.8) is 0 Å². The first-order valence-corrected chi connectivity index (χ1v) is 14.7. The van der Waals surface area contributed by atoms with Crippen LogP contribution in [0.2, 0.25) is 18.1 Å². The number of rotatable bonds is 6. The molecule has 1 amide bonds. The van der Waals surface area contributed by atoms with Crippen molar-refractivity contribution in [2.75, 3.05) is 0 Å². The maximum Gasteiger partial charge on any atom is 0.514 e. The molecule has 2 rings (SSSR count). The van der Waals surface area contributed by atoms with Crippen molar-refractivity contribution in [1.82, 2.24) is 5.32 Å². The standard InChI is InChI=1S/C24H38N2O8Si/c1-23(2,3)33-21(27)25-19-14-13-18(15-20(19)34-35(7,8)24(4,5)6)32-22(28)31-17-11-9-16(10-12-17)26(29)30/h9-12,18-20H,13-15H2,1-8H3,(H,25,27)/t18-,19-,20-/m0/s1. The number of carbonyl (C=O) groups excluding carboxylic acids is 2. The van der Waals surface area contributed by atoms with Crippen LogP contribution < -0.4 is 10.1 Å². The Morgan fingerprint density at radius 3 is 2.17 bits per heavy atom. The minimum atomic E-state index is -2.20. The minimum Gasteiger partial charge on any atom is -0.444 e. The maximum atomic E-state index is 12.4. The zero-order valence-electron chi connectivity index (χ0n) is 21.9. The van der Waals surface area contributed by atoms with E-state index in [4.69, 9.17) is 18.6 Å². The van der Waals surface area contributed by atoms with E-state index in [-0.39, 0.29) is 28.6 Å². The largest absolute Gasteiger partial charge is 0.514 e. The summed E-state index contributed by atoms with van der Waals surface area (Å²) in [5, 5.41) is 13.7. The van der Waals surface area contributed by atoms with Crippen molar-refractivity contribution in [2.45, 2.75) is 103 Å². The molecule has 1 aliphatic rings. The summed E-state index contributed by atoms with van der Waals surface area (Å²) in [6.07, 6.45) is -0.804. The number of nitro groups is 1. The highest BCUT2D eigenvalue weighted by molar-refractivity contribution is 6.74. The molecule has 0 saturated heterocycles. The zero-order chi connectivity index (χ0) is 26.6. The topological polar surface area (TPSA) is 126 Å². The molecule has 0 spiro atoms. The molecule has 0 aromatic heterocycles. The normalized spacial score (nSPS) is 21.1. The SMILES string of the molecule is CC(C)(C)OC(=O)N[C@H]1CC[C@H](OC(=O)Oc2ccc([N+](=O)[O-])cc2)C[C@@H]1O[Si](C)(C)C(C)(C)C. The van der Waals surface area contributed by atoms with Gasteiger partial charge in [0.25, 0.3) is 5.69 Å². The average Bonchev–Trinajstić information content (AvgIpc) is 2.67. The highest BCUT2D eigenvalue weighted by Crippen LogP contribution is 2.39. The summed E-state index contributed by atoms with van der Waals surface area (Å²) in [7, 11) is -2.20. The molecule has 1 aromatic carbocycles. The lowest BCUT2D eigenvalue weighted by atomic mass is 9.90. The molecular formula is C24H38N2O8Si. The number of ether oxygens (including phenoxy) is 3. The third-order valence-corrected chi connectivity index (χ3v) is 10.7. The second kappa shape index (κ2) is 10.9. The molecule has 35 heavy (non-hydrogen) atoms. The summed E-state index contributed by atoms with van der Waals surface area (Å²) in [5.41, 5.74) is -0.728. The predicted molar refractivity (Wildman–Crippen MR) is 133 cm³/mol. The van der Waals surface area contributed by atoms with E-state index in [0.29, 0.717) is 19.3 Å². The quantitative estimate of drug-likeness (QED) is 0.164. The van der Waals surface area contributed by atoms with Gasteiger partial charge in [0.05, 0.1) is 17.1 Å². The molecule has 1 saturated carbocycles. The van der Waals surface area contributed by atoms with Crippen molar-refractivity contribution in [1.29, 1.82) is 0 Å². The third-order valence-electron chi connectivity index (χ3n) is 6.21. The highest BCUT2D eigenvalue weighted by Gasteiger charge is 2.44. The summed E-state index contributed by atoms with van der Waals surface area (Å²) >= 11 is 0. The summed E-state index contributed by atoms with van der Waals surface area (Å²) in [6.45, 7) is 16.1. The number of nitro benzene ring substituents is 1. The summed E-state index contributed by atoms with van der Waals surface area (Å²) in [4.78, 5) is 35.1. The fourth-order valence-electron chi connectivity index (χ4n) is 3.40. The third kappa shape index (κ3) is 8.81. The Balaban J connectivity index is 2.07. The molecule has 3 atom stereocenters.